The van der Waals surface area contributed by atoms with E-state index in [2.05, 4.69) is 10.6 Å². The second-order valence-electron chi connectivity index (χ2n) is 5.50. The van der Waals surface area contributed by atoms with Crippen molar-refractivity contribution in [3.8, 4) is 5.75 Å². The van der Waals surface area contributed by atoms with Crippen molar-refractivity contribution in [1.29, 1.82) is 0 Å². The first-order valence-electron chi connectivity index (χ1n) is 7.66. The Kier molecular flexibility index (Phi) is 6.21. The molecule has 26 heavy (non-hydrogen) atoms. The van der Waals surface area contributed by atoms with E-state index in [9.17, 15) is 22.8 Å². The summed E-state index contributed by atoms with van der Waals surface area (Å²) in [4.78, 5) is 23.6. The standard InChI is InChI=1S/C18H17F3N2O3/c1-10(24)22-15(11-3-5-12(26-2)6-4-11)9-16(25)23-14-8-7-13(19)17(20)18(14)21/h3-8,15H,9H2,1-2H3,(H,22,24)(H,23,25). The third kappa shape index (κ3) is 4.75. The first-order chi connectivity index (χ1) is 12.3. The molecule has 8 heteroatoms. The molecule has 0 heterocycles. The fraction of sp³-hybridized carbons (Fsp3) is 0.222. The minimum absolute atomic E-state index is 0.232. The summed E-state index contributed by atoms with van der Waals surface area (Å²) in [6.45, 7) is 1.30. The summed E-state index contributed by atoms with van der Waals surface area (Å²) in [5.41, 5.74) is 0.145. The van der Waals surface area contributed by atoms with Crippen molar-refractivity contribution in [2.75, 3.05) is 12.4 Å². The van der Waals surface area contributed by atoms with Gasteiger partial charge in [-0.25, -0.2) is 13.2 Å². The van der Waals surface area contributed by atoms with Crippen molar-refractivity contribution in [2.45, 2.75) is 19.4 Å². The van der Waals surface area contributed by atoms with Gasteiger partial charge in [-0.2, -0.15) is 0 Å². The van der Waals surface area contributed by atoms with E-state index in [0.717, 1.165) is 6.07 Å². The van der Waals surface area contributed by atoms with Gasteiger partial charge < -0.3 is 15.4 Å². The number of anilines is 1. The molecule has 2 amide bonds. The van der Waals surface area contributed by atoms with Gasteiger partial charge in [0.2, 0.25) is 11.8 Å². The molecule has 0 aliphatic carbocycles. The lowest BCUT2D eigenvalue weighted by atomic mass is 10.0. The SMILES string of the molecule is COc1ccc(C(CC(=O)Nc2ccc(F)c(F)c2F)NC(C)=O)cc1. The third-order valence-corrected chi connectivity index (χ3v) is 3.59. The summed E-state index contributed by atoms with van der Waals surface area (Å²) < 4.78 is 44.9. The van der Waals surface area contributed by atoms with Crippen LogP contribution in [0.2, 0.25) is 0 Å². The van der Waals surface area contributed by atoms with Crippen molar-refractivity contribution in [3.05, 3.63) is 59.4 Å². The normalized spacial score (nSPS) is 11.6. The molecule has 1 atom stereocenters. The summed E-state index contributed by atoms with van der Waals surface area (Å²) in [6.07, 6.45) is -0.232. The number of hydrogen-bond donors (Lipinski definition) is 2. The number of carbonyl (C=O) groups is 2. The number of nitrogens with one attached hydrogen (secondary N) is 2. The topological polar surface area (TPSA) is 67.4 Å². The highest BCUT2D eigenvalue weighted by Crippen LogP contribution is 2.23. The average Bonchev–Trinajstić information content (AvgIpc) is 2.61. The van der Waals surface area contributed by atoms with Crippen molar-refractivity contribution in [3.63, 3.8) is 0 Å². The van der Waals surface area contributed by atoms with Crippen LogP contribution in [0.1, 0.15) is 24.9 Å². The minimum Gasteiger partial charge on any atom is -0.497 e. The first-order valence-corrected chi connectivity index (χ1v) is 7.66. The van der Waals surface area contributed by atoms with Gasteiger partial charge in [0, 0.05) is 6.92 Å². The van der Waals surface area contributed by atoms with Gasteiger partial charge in [0.15, 0.2) is 17.5 Å². The minimum atomic E-state index is -1.67. The summed E-state index contributed by atoms with van der Waals surface area (Å²) in [7, 11) is 1.50. The summed E-state index contributed by atoms with van der Waals surface area (Å²) >= 11 is 0. The molecule has 138 valence electrons. The molecule has 0 saturated carbocycles. The van der Waals surface area contributed by atoms with E-state index in [-0.39, 0.29) is 12.3 Å². The number of halogens is 3. The zero-order chi connectivity index (χ0) is 19.3. The zero-order valence-corrected chi connectivity index (χ0v) is 14.1. The van der Waals surface area contributed by atoms with Crippen molar-refractivity contribution in [2.24, 2.45) is 0 Å². The van der Waals surface area contributed by atoms with E-state index < -0.39 is 35.1 Å². The molecule has 0 aliphatic rings. The summed E-state index contributed by atoms with van der Waals surface area (Å²) in [6, 6.07) is 7.62. The lowest BCUT2D eigenvalue weighted by Gasteiger charge is -2.18. The largest absolute Gasteiger partial charge is 0.497 e. The van der Waals surface area contributed by atoms with Crippen LogP contribution < -0.4 is 15.4 Å². The molecule has 0 saturated heterocycles. The molecule has 2 rings (SSSR count). The third-order valence-electron chi connectivity index (χ3n) is 3.59. The first kappa shape index (κ1) is 19.3. The smallest absolute Gasteiger partial charge is 0.226 e. The number of methoxy groups -OCH3 is 1. The lowest BCUT2D eigenvalue weighted by molar-refractivity contribution is -0.120. The van der Waals surface area contributed by atoms with Crippen LogP contribution >= 0.6 is 0 Å². The molecule has 5 nitrogen and oxygen atoms in total. The Morgan fingerprint density at radius 1 is 1.04 bits per heavy atom. The quantitative estimate of drug-likeness (QED) is 0.771. The van der Waals surface area contributed by atoms with Gasteiger partial charge in [-0.15, -0.1) is 0 Å². The average molecular weight is 366 g/mol. The van der Waals surface area contributed by atoms with E-state index in [1.807, 2.05) is 0 Å². The monoisotopic (exact) mass is 366 g/mol. The summed E-state index contributed by atoms with van der Waals surface area (Å²) in [5.74, 6) is -4.95. The molecule has 0 aromatic heterocycles. The Morgan fingerprint density at radius 2 is 1.69 bits per heavy atom. The number of rotatable bonds is 6. The predicted molar refractivity (Wildman–Crippen MR) is 89.1 cm³/mol. The van der Waals surface area contributed by atoms with Crippen LogP contribution in [0, 0.1) is 17.5 Å². The Morgan fingerprint density at radius 3 is 2.27 bits per heavy atom. The molecule has 0 aliphatic heterocycles. The highest BCUT2D eigenvalue weighted by molar-refractivity contribution is 5.91. The molecule has 1 unspecified atom stereocenters. The maximum Gasteiger partial charge on any atom is 0.226 e. The molecule has 2 aromatic carbocycles. The van der Waals surface area contributed by atoms with E-state index >= 15 is 0 Å². The Hall–Kier alpha value is -3.03. The van der Waals surface area contributed by atoms with Crippen LogP contribution in [-0.4, -0.2) is 18.9 Å². The molecular formula is C18H17F3N2O3. The van der Waals surface area contributed by atoms with Crippen LogP contribution in [0.15, 0.2) is 36.4 Å². The molecule has 0 spiro atoms. The molecule has 0 fully saturated rings. The van der Waals surface area contributed by atoms with Gasteiger partial charge in [-0.1, -0.05) is 12.1 Å². The van der Waals surface area contributed by atoms with Crippen LogP contribution in [0.3, 0.4) is 0 Å². The van der Waals surface area contributed by atoms with Gasteiger partial charge in [-0.3, -0.25) is 9.59 Å². The highest BCUT2D eigenvalue weighted by Gasteiger charge is 2.20. The summed E-state index contributed by atoms with van der Waals surface area (Å²) in [5, 5.41) is 4.79. The molecular weight excluding hydrogens is 349 g/mol. The van der Waals surface area contributed by atoms with Crippen molar-refractivity contribution in [1.82, 2.24) is 5.32 Å². The number of ether oxygens (including phenoxy) is 1. The fourth-order valence-corrected chi connectivity index (χ4v) is 2.34. The maximum absolute atomic E-state index is 13.7. The van der Waals surface area contributed by atoms with Crippen molar-refractivity contribution < 1.29 is 27.5 Å². The lowest BCUT2D eigenvalue weighted by Crippen LogP contribution is -2.30. The van der Waals surface area contributed by atoms with Crippen LogP contribution in [-0.2, 0) is 9.59 Å². The fourth-order valence-electron chi connectivity index (χ4n) is 2.34. The van der Waals surface area contributed by atoms with Gasteiger partial charge in [-0.05, 0) is 29.8 Å². The van der Waals surface area contributed by atoms with Gasteiger partial charge in [0.1, 0.15) is 5.75 Å². The highest BCUT2D eigenvalue weighted by atomic mass is 19.2. The number of carbonyl (C=O) groups excluding carboxylic acids is 2. The number of hydrogen-bond acceptors (Lipinski definition) is 3. The zero-order valence-electron chi connectivity index (χ0n) is 14.1. The maximum atomic E-state index is 13.7. The van der Waals surface area contributed by atoms with Gasteiger partial charge in [0.05, 0.1) is 25.3 Å². The molecule has 2 N–H and O–H groups in total. The van der Waals surface area contributed by atoms with Gasteiger partial charge >= 0.3 is 0 Å². The van der Waals surface area contributed by atoms with E-state index in [1.54, 1.807) is 24.3 Å². The Balaban J connectivity index is 2.15. The Bertz CT molecular complexity index is 810. The Labute approximate surface area is 148 Å². The van der Waals surface area contributed by atoms with E-state index in [1.165, 1.54) is 14.0 Å². The van der Waals surface area contributed by atoms with E-state index in [0.29, 0.717) is 17.4 Å². The van der Waals surface area contributed by atoms with Crippen LogP contribution in [0.4, 0.5) is 18.9 Å². The molecule has 2 aromatic rings. The van der Waals surface area contributed by atoms with Gasteiger partial charge in [0.25, 0.3) is 0 Å². The van der Waals surface area contributed by atoms with Crippen molar-refractivity contribution >= 4 is 17.5 Å². The number of amides is 2. The van der Waals surface area contributed by atoms with Crippen LogP contribution in [0.25, 0.3) is 0 Å². The second kappa shape index (κ2) is 8.37. The predicted octanol–water partition coefficient (Wildman–Crippen LogP) is 3.32. The second-order valence-corrected chi connectivity index (χ2v) is 5.50. The van der Waals surface area contributed by atoms with E-state index in [4.69, 9.17) is 4.74 Å². The molecule has 0 radical (unpaired) electrons. The van der Waals surface area contributed by atoms with Crippen LogP contribution in [0.5, 0.6) is 5.75 Å². The number of benzene rings is 2. The molecule has 0 bridgehead atoms.